The number of ether oxygens (including phenoxy) is 3. The van der Waals surface area contributed by atoms with Gasteiger partial charge in [-0.1, -0.05) is 13.8 Å². The van der Waals surface area contributed by atoms with Crippen LogP contribution < -0.4 is 9.47 Å². The summed E-state index contributed by atoms with van der Waals surface area (Å²) in [7, 11) is 1.31. The molecule has 0 bridgehead atoms. The minimum absolute atomic E-state index is 0.0760. The smallest absolute Gasteiger partial charge is 0.330 e. The fourth-order valence-corrected chi connectivity index (χ4v) is 1.43. The molecule has 1 rings (SSSR count). The lowest BCUT2D eigenvalue weighted by molar-refractivity contribution is -0.134. The van der Waals surface area contributed by atoms with Crippen molar-refractivity contribution in [2.24, 2.45) is 0 Å². The van der Waals surface area contributed by atoms with Gasteiger partial charge in [0.2, 0.25) is 0 Å². The monoisotopic (exact) mass is 296 g/mol. The molecule has 0 radical (unpaired) electrons. The number of esters is 1. The van der Waals surface area contributed by atoms with E-state index in [0.717, 1.165) is 0 Å². The molecule has 0 saturated heterocycles. The number of methoxy groups -OCH3 is 1. The van der Waals surface area contributed by atoms with Crippen LogP contribution in [0.5, 0.6) is 11.5 Å². The van der Waals surface area contributed by atoms with E-state index in [4.69, 9.17) is 14.6 Å². The number of rotatable bonds is 7. The van der Waals surface area contributed by atoms with Crippen LogP contribution in [0.2, 0.25) is 0 Å². The van der Waals surface area contributed by atoms with E-state index in [9.17, 15) is 4.79 Å². The molecular weight excluding hydrogens is 272 g/mol. The molecule has 0 spiro atoms. The molecule has 0 aromatic heterocycles. The standard InChI is InChI=1S/C14H18O5.C2H6/c1-3-18-12-5-6-13(19-9-8-15)11(10-12)4-7-14(16)17-2;1-2/h4-7,10,15H,3,8-9H2,1-2H3;1-2H3/b7-4+;. The van der Waals surface area contributed by atoms with E-state index in [1.165, 1.54) is 13.2 Å². The first kappa shape index (κ1) is 19.0. The minimum Gasteiger partial charge on any atom is -0.494 e. The molecule has 0 aliphatic carbocycles. The third-order valence-electron chi connectivity index (χ3n) is 2.24. The number of carbonyl (C=O) groups excluding carboxylic acids is 1. The van der Waals surface area contributed by atoms with Gasteiger partial charge in [-0.3, -0.25) is 0 Å². The zero-order chi connectivity index (χ0) is 16.1. The van der Waals surface area contributed by atoms with Crippen molar-refractivity contribution in [3.05, 3.63) is 29.8 Å². The molecule has 118 valence electrons. The Kier molecular flexibility index (Phi) is 10.7. The molecule has 0 saturated carbocycles. The molecule has 0 unspecified atom stereocenters. The second kappa shape index (κ2) is 11.8. The van der Waals surface area contributed by atoms with Crippen molar-refractivity contribution >= 4 is 12.0 Å². The van der Waals surface area contributed by atoms with E-state index >= 15 is 0 Å². The number of hydrogen-bond donors (Lipinski definition) is 1. The summed E-state index contributed by atoms with van der Waals surface area (Å²) in [5, 5.41) is 8.77. The first-order chi connectivity index (χ1) is 10.2. The summed E-state index contributed by atoms with van der Waals surface area (Å²) < 4.78 is 15.3. The Morgan fingerprint density at radius 3 is 2.57 bits per heavy atom. The van der Waals surface area contributed by atoms with Crippen molar-refractivity contribution in [1.82, 2.24) is 0 Å². The van der Waals surface area contributed by atoms with Crippen LogP contribution >= 0.6 is 0 Å². The molecule has 0 heterocycles. The highest BCUT2D eigenvalue weighted by molar-refractivity contribution is 5.87. The van der Waals surface area contributed by atoms with Crippen molar-refractivity contribution in [1.29, 1.82) is 0 Å². The van der Waals surface area contributed by atoms with Gasteiger partial charge in [-0.2, -0.15) is 0 Å². The largest absolute Gasteiger partial charge is 0.494 e. The van der Waals surface area contributed by atoms with Gasteiger partial charge in [-0.15, -0.1) is 0 Å². The average Bonchev–Trinajstić information content (AvgIpc) is 2.53. The highest BCUT2D eigenvalue weighted by Crippen LogP contribution is 2.25. The number of aliphatic hydroxyl groups is 1. The third kappa shape index (κ3) is 7.37. The quantitative estimate of drug-likeness (QED) is 0.619. The van der Waals surface area contributed by atoms with Crippen LogP contribution in [-0.2, 0) is 9.53 Å². The van der Waals surface area contributed by atoms with Gasteiger partial charge in [0.15, 0.2) is 0 Å². The van der Waals surface area contributed by atoms with Crippen LogP contribution in [-0.4, -0.2) is 38.0 Å². The lowest BCUT2D eigenvalue weighted by Gasteiger charge is -2.10. The van der Waals surface area contributed by atoms with Crippen molar-refractivity contribution in [3.63, 3.8) is 0 Å². The van der Waals surface area contributed by atoms with Crippen LogP contribution in [0.3, 0.4) is 0 Å². The van der Waals surface area contributed by atoms with E-state index < -0.39 is 5.97 Å². The zero-order valence-electron chi connectivity index (χ0n) is 13.1. The van der Waals surface area contributed by atoms with Gasteiger partial charge in [0.1, 0.15) is 18.1 Å². The number of aliphatic hydroxyl groups excluding tert-OH is 1. The van der Waals surface area contributed by atoms with Gasteiger partial charge in [0.05, 0.1) is 20.3 Å². The maximum atomic E-state index is 11.1. The summed E-state index contributed by atoms with van der Waals surface area (Å²) in [4.78, 5) is 11.1. The normalized spacial score (nSPS) is 9.76. The van der Waals surface area contributed by atoms with Crippen LogP contribution in [0.25, 0.3) is 6.08 Å². The SMILES string of the molecule is CC.CCOc1ccc(OCCO)c(/C=C/C(=O)OC)c1. The number of benzene rings is 1. The molecular formula is C16H24O5. The minimum atomic E-state index is -0.449. The Labute approximate surface area is 126 Å². The van der Waals surface area contributed by atoms with Crippen molar-refractivity contribution in [2.75, 3.05) is 26.9 Å². The van der Waals surface area contributed by atoms with Gasteiger partial charge in [-0.05, 0) is 31.2 Å². The molecule has 0 aliphatic heterocycles. The van der Waals surface area contributed by atoms with Crippen LogP contribution in [0.4, 0.5) is 0 Å². The summed E-state index contributed by atoms with van der Waals surface area (Å²) in [5.41, 5.74) is 0.685. The molecule has 21 heavy (non-hydrogen) atoms. The van der Waals surface area contributed by atoms with Gasteiger partial charge in [-0.25, -0.2) is 4.79 Å². The molecule has 0 amide bonds. The van der Waals surface area contributed by atoms with Crippen LogP contribution in [0, 0.1) is 0 Å². The van der Waals surface area contributed by atoms with Gasteiger partial charge < -0.3 is 19.3 Å². The number of carbonyl (C=O) groups is 1. The van der Waals surface area contributed by atoms with E-state index in [2.05, 4.69) is 4.74 Å². The van der Waals surface area contributed by atoms with E-state index in [1.54, 1.807) is 24.3 Å². The van der Waals surface area contributed by atoms with Crippen molar-refractivity contribution in [2.45, 2.75) is 20.8 Å². The fraction of sp³-hybridized carbons (Fsp3) is 0.438. The molecule has 5 nitrogen and oxygen atoms in total. The predicted molar refractivity (Wildman–Crippen MR) is 82.6 cm³/mol. The number of hydrogen-bond acceptors (Lipinski definition) is 5. The highest BCUT2D eigenvalue weighted by Gasteiger charge is 2.04. The van der Waals surface area contributed by atoms with E-state index in [0.29, 0.717) is 23.7 Å². The third-order valence-corrected chi connectivity index (χ3v) is 2.24. The molecule has 0 fully saturated rings. The first-order valence-corrected chi connectivity index (χ1v) is 6.97. The van der Waals surface area contributed by atoms with Gasteiger partial charge >= 0.3 is 5.97 Å². The summed E-state index contributed by atoms with van der Waals surface area (Å²) in [6, 6.07) is 5.26. The Hall–Kier alpha value is -2.01. The predicted octanol–water partition coefficient (Wildman–Crippen LogP) is 2.67. The second-order valence-electron chi connectivity index (χ2n) is 3.56. The zero-order valence-corrected chi connectivity index (χ0v) is 13.1. The lowest BCUT2D eigenvalue weighted by atomic mass is 10.1. The summed E-state index contributed by atoms with van der Waals surface area (Å²) >= 11 is 0. The first-order valence-electron chi connectivity index (χ1n) is 6.97. The molecule has 0 atom stereocenters. The maximum Gasteiger partial charge on any atom is 0.330 e. The average molecular weight is 296 g/mol. The fourth-order valence-electron chi connectivity index (χ4n) is 1.43. The van der Waals surface area contributed by atoms with Gasteiger partial charge in [0, 0.05) is 11.6 Å². The van der Waals surface area contributed by atoms with Gasteiger partial charge in [0.25, 0.3) is 0 Å². The van der Waals surface area contributed by atoms with Crippen LogP contribution in [0.15, 0.2) is 24.3 Å². The molecule has 5 heteroatoms. The molecule has 1 aromatic carbocycles. The van der Waals surface area contributed by atoms with E-state index in [-0.39, 0.29) is 13.2 Å². The highest BCUT2D eigenvalue weighted by atomic mass is 16.5. The topological polar surface area (TPSA) is 65.0 Å². The Morgan fingerprint density at radius 2 is 2.00 bits per heavy atom. The van der Waals surface area contributed by atoms with Crippen LogP contribution in [0.1, 0.15) is 26.3 Å². The molecule has 1 aromatic rings. The summed E-state index contributed by atoms with van der Waals surface area (Å²) in [6.45, 7) is 6.55. The second-order valence-corrected chi connectivity index (χ2v) is 3.56. The molecule has 0 aliphatic rings. The Balaban J connectivity index is 0.00000191. The Morgan fingerprint density at radius 1 is 1.29 bits per heavy atom. The molecule has 1 N–H and O–H groups in total. The maximum absolute atomic E-state index is 11.1. The van der Waals surface area contributed by atoms with Crippen molar-refractivity contribution in [3.8, 4) is 11.5 Å². The lowest BCUT2D eigenvalue weighted by Crippen LogP contribution is -2.03. The summed E-state index contributed by atoms with van der Waals surface area (Å²) in [6.07, 6.45) is 2.89. The van der Waals surface area contributed by atoms with E-state index in [1.807, 2.05) is 20.8 Å². The van der Waals surface area contributed by atoms with Crippen molar-refractivity contribution < 1.29 is 24.1 Å². The summed E-state index contributed by atoms with van der Waals surface area (Å²) in [5.74, 6) is 0.802. The Bertz CT molecular complexity index is 440.